The minimum Gasteiger partial charge on any atom is -0.396 e. The van der Waals surface area contributed by atoms with Crippen LogP contribution >= 0.6 is 11.3 Å². The summed E-state index contributed by atoms with van der Waals surface area (Å²) in [5.41, 5.74) is 8.23. The van der Waals surface area contributed by atoms with Crippen molar-refractivity contribution in [1.82, 2.24) is 9.97 Å². The smallest absolute Gasteiger partial charge is 0.165 e. The van der Waals surface area contributed by atoms with Gasteiger partial charge >= 0.3 is 0 Å². The van der Waals surface area contributed by atoms with Gasteiger partial charge in [0, 0.05) is 30.8 Å². The van der Waals surface area contributed by atoms with Crippen LogP contribution in [0.25, 0.3) is 21.5 Å². The van der Waals surface area contributed by atoms with Gasteiger partial charge in [0.15, 0.2) is 5.82 Å². The lowest BCUT2D eigenvalue weighted by atomic mass is 9.84. The number of nitrogens with zero attached hydrogens (tertiary/aromatic N) is 4. The topological polar surface area (TPSA) is 125 Å². The van der Waals surface area contributed by atoms with E-state index in [-0.39, 0.29) is 6.10 Å². The van der Waals surface area contributed by atoms with Crippen molar-refractivity contribution < 1.29 is 5.11 Å². The van der Waals surface area contributed by atoms with Crippen LogP contribution in [0.1, 0.15) is 19.8 Å². The number of hydrogen-bond acceptors (Lipinski definition) is 8. The first-order chi connectivity index (χ1) is 12.9. The Kier molecular flexibility index (Phi) is 7.07. The highest BCUT2D eigenvalue weighted by Crippen LogP contribution is 2.27. The van der Waals surface area contributed by atoms with Crippen LogP contribution in [-0.4, -0.2) is 28.2 Å². The van der Waals surface area contributed by atoms with E-state index in [9.17, 15) is 0 Å². The molecule has 0 saturated heterocycles. The molecule has 142 valence electrons. The maximum absolute atomic E-state index is 8.62. The average Bonchev–Trinajstić information content (AvgIpc) is 3.10. The maximum Gasteiger partial charge on any atom is 0.165 e. The van der Waals surface area contributed by atoms with E-state index in [1.54, 1.807) is 24.6 Å². The monoisotopic (exact) mass is 384 g/mol. The summed E-state index contributed by atoms with van der Waals surface area (Å²) in [4.78, 5) is 9.87. The lowest BCUT2D eigenvalue weighted by Crippen LogP contribution is -2.27. The Hall–Kier alpha value is -2.73. The highest BCUT2D eigenvalue weighted by Gasteiger charge is 2.21. The molecule has 0 unspecified atom stereocenters. The number of nitrogens with two attached hydrogens (primary N) is 2. The number of fused-ring (bicyclic) bond motifs is 1. The van der Waals surface area contributed by atoms with Crippen molar-refractivity contribution in [1.29, 1.82) is 5.26 Å². The SMILES string of the molecule is C#N.CC1CC(O)C1.CN(N)c1ncc(-c2ccc3ccsc3n2)cc1N. The number of nitriles is 1. The molecule has 0 aromatic carbocycles. The molecular formula is C19H24N6OS. The Morgan fingerprint density at radius 1 is 1.30 bits per heavy atom. The predicted molar refractivity (Wildman–Crippen MR) is 111 cm³/mol. The van der Waals surface area contributed by atoms with E-state index in [1.807, 2.05) is 23.6 Å². The summed E-state index contributed by atoms with van der Waals surface area (Å²) in [6.07, 6.45) is 3.83. The number of thiophene rings is 1. The molecule has 4 rings (SSSR count). The van der Waals surface area contributed by atoms with Crippen LogP contribution < -0.4 is 16.6 Å². The molecule has 0 radical (unpaired) electrons. The van der Waals surface area contributed by atoms with E-state index in [4.69, 9.17) is 21.9 Å². The second-order valence-electron chi connectivity index (χ2n) is 6.49. The van der Waals surface area contributed by atoms with Crippen LogP contribution in [0, 0.1) is 17.8 Å². The molecule has 0 amide bonds. The fraction of sp³-hybridized carbons (Fsp3) is 0.316. The number of hydrogen-bond donors (Lipinski definition) is 3. The zero-order valence-corrected chi connectivity index (χ0v) is 16.2. The zero-order chi connectivity index (χ0) is 20.0. The molecule has 1 saturated carbocycles. The normalized spacial score (nSPS) is 17.7. The minimum atomic E-state index is 0.0417. The van der Waals surface area contributed by atoms with Gasteiger partial charge in [-0.1, -0.05) is 6.92 Å². The number of nitrogen functional groups attached to an aromatic ring is 1. The number of rotatable bonds is 2. The first-order valence-electron chi connectivity index (χ1n) is 8.46. The summed E-state index contributed by atoms with van der Waals surface area (Å²) in [6.45, 7) is 5.66. The van der Waals surface area contributed by atoms with E-state index in [0.717, 1.165) is 40.2 Å². The summed E-state index contributed by atoms with van der Waals surface area (Å²) >= 11 is 1.62. The standard InChI is InChI=1S/C13H13N5S.C5H10O.CHN/c1-18(15)12-10(14)6-9(7-16-12)11-3-2-8-4-5-19-13(8)17-11;1-4-2-5(6)3-4;1-2/h2-7H,14-15H2,1H3;4-6H,2-3H2,1H3;1H. The molecule has 0 bridgehead atoms. The Morgan fingerprint density at radius 3 is 2.52 bits per heavy atom. The van der Waals surface area contributed by atoms with E-state index in [2.05, 4.69) is 29.5 Å². The molecule has 5 N–H and O–H groups in total. The van der Waals surface area contributed by atoms with Gasteiger partial charge in [0.1, 0.15) is 4.83 Å². The van der Waals surface area contributed by atoms with Crippen LogP contribution in [0.15, 0.2) is 35.8 Å². The number of aliphatic hydroxyl groups is 1. The first kappa shape index (κ1) is 20.6. The van der Waals surface area contributed by atoms with E-state index in [0.29, 0.717) is 11.5 Å². The van der Waals surface area contributed by atoms with Crippen LogP contribution in [0.4, 0.5) is 11.5 Å². The highest BCUT2D eigenvalue weighted by molar-refractivity contribution is 7.16. The molecule has 7 nitrogen and oxygen atoms in total. The molecule has 8 heteroatoms. The van der Waals surface area contributed by atoms with Gasteiger partial charge in [0.2, 0.25) is 0 Å². The third-order valence-electron chi connectivity index (χ3n) is 4.19. The van der Waals surface area contributed by atoms with Gasteiger partial charge < -0.3 is 10.8 Å². The van der Waals surface area contributed by atoms with Gasteiger partial charge in [0.05, 0.1) is 17.5 Å². The second-order valence-corrected chi connectivity index (χ2v) is 7.38. The minimum absolute atomic E-state index is 0.0417. The highest BCUT2D eigenvalue weighted by atomic mass is 32.1. The van der Waals surface area contributed by atoms with Crippen molar-refractivity contribution in [2.45, 2.75) is 25.9 Å². The lowest BCUT2D eigenvalue weighted by Gasteiger charge is -2.27. The summed E-state index contributed by atoms with van der Waals surface area (Å²) < 4.78 is 0. The molecule has 3 aromatic heterocycles. The average molecular weight is 385 g/mol. The number of aromatic nitrogens is 2. The van der Waals surface area contributed by atoms with Crippen molar-refractivity contribution in [2.75, 3.05) is 17.8 Å². The molecule has 0 aliphatic heterocycles. The van der Waals surface area contributed by atoms with Gasteiger partial charge in [0.25, 0.3) is 0 Å². The van der Waals surface area contributed by atoms with Crippen LogP contribution in [0.3, 0.4) is 0 Å². The lowest BCUT2D eigenvalue weighted by molar-refractivity contribution is 0.0513. The van der Waals surface area contributed by atoms with Crippen molar-refractivity contribution >= 4 is 33.1 Å². The van der Waals surface area contributed by atoms with Crippen LogP contribution in [0.2, 0.25) is 0 Å². The molecule has 1 aliphatic rings. The van der Waals surface area contributed by atoms with Crippen molar-refractivity contribution in [2.24, 2.45) is 11.8 Å². The molecule has 3 heterocycles. The quantitative estimate of drug-likeness (QED) is 0.458. The Balaban J connectivity index is 0.000000275. The van der Waals surface area contributed by atoms with Crippen LogP contribution in [-0.2, 0) is 0 Å². The Morgan fingerprint density at radius 2 is 2.00 bits per heavy atom. The Bertz CT molecular complexity index is 895. The van der Waals surface area contributed by atoms with Gasteiger partial charge in [-0.05, 0) is 48.4 Å². The van der Waals surface area contributed by atoms with Gasteiger partial charge in [-0.25, -0.2) is 21.1 Å². The number of aliphatic hydroxyl groups excluding tert-OH is 1. The number of pyridine rings is 2. The van der Waals surface area contributed by atoms with Crippen molar-refractivity contribution in [3.05, 3.63) is 35.8 Å². The van der Waals surface area contributed by atoms with Gasteiger partial charge in [-0.15, -0.1) is 11.3 Å². The van der Waals surface area contributed by atoms with E-state index >= 15 is 0 Å². The van der Waals surface area contributed by atoms with E-state index in [1.165, 1.54) is 5.01 Å². The number of anilines is 2. The molecule has 0 atom stereocenters. The summed E-state index contributed by atoms with van der Waals surface area (Å²) in [7, 11) is 1.70. The summed E-state index contributed by atoms with van der Waals surface area (Å²) in [6, 6.07) is 7.91. The van der Waals surface area contributed by atoms with Gasteiger partial charge in [-0.3, -0.25) is 5.01 Å². The maximum atomic E-state index is 8.62. The second kappa shape index (κ2) is 9.28. The third-order valence-corrected chi connectivity index (χ3v) is 5.01. The van der Waals surface area contributed by atoms with Crippen LogP contribution in [0.5, 0.6) is 0 Å². The third kappa shape index (κ3) is 5.14. The van der Waals surface area contributed by atoms with Crippen molar-refractivity contribution in [3.63, 3.8) is 0 Å². The number of hydrazine groups is 1. The summed E-state index contributed by atoms with van der Waals surface area (Å²) in [5.74, 6) is 6.99. The zero-order valence-electron chi connectivity index (χ0n) is 15.4. The first-order valence-corrected chi connectivity index (χ1v) is 9.34. The van der Waals surface area contributed by atoms with Crippen molar-refractivity contribution in [3.8, 4) is 17.8 Å². The summed E-state index contributed by atoms with van der Waals surface area (Å²) in [5, 5.41) is 19.7. The molecule has 0 spiro atoms. The van der Waals surface area contributed by atoms with E-state index < -0.39 is 0 Å². The fourth-order valence-electron chi connectivity index (χ4n) is 2.77. The molecular weight excluding hydrogens is 360 g/mol. The van der Waals surface area contributed by atoms with Gasteiger partial charge in [-0.2, -0.15) is 0 Å². The molecule has 3 aromatic rings. The molecule has 1 aliphatic carbocycles. The largest absolute Gasteiger partial charge is 0.396 e. The molecule has 27 heavy (non-hydrogen) atoms. The Labute approximate surface area is 162 Å². The fourth-order valence-corrected chi connectivity index (χ4v) is 3.54. The molecule has 1 fully saturated rings. The predicted octanol–water partition coefficient (Wildman–Crippen LogP) is 3.17.